The highest BCUT2D eigenvalue weighted by molar-refractivity contribution is 7.91. The monoisotopic (exact) mass is 427 g/mol. The summed E-state index contributed by atoms with van der Waals surface area (Å²) in [4.78, 5) is -0.574. The van der Waals surface area contributed by atoms with Crippen LogP contribution in [0.1, 0.15) is 36.3 Å². The molecule has 3 rings (SSSR count). The van der Waals surface area contributed by atoms with Crippen molar-refractivity contribution in [2.45, 2.75) is 42.9 Å². The molecule has 0 saturated carbocycles. The summed E-state index contributed by atoms with van der Waals surface area (Å²) >= 11 is 0. The van der Waals surface area contributed by atoms with Crippen LogP contribution in [0.2, 0.25) is 0 Å². The van der Waals surface area contributed by atoms with Crippen LogP contribution in [0.15, 0.2) is 29.3 Å². The van der Waals surface area contributed by atoms with Crippen molar-refractivity contribution in [3.63, 3.8) is 0 Å². The summed E-state index contributed by atoms with van der Waals surface area (Å²) in [5.41, 5.74) is -2.41. The van der Waals surface area contributed by atoms with Crippen LogP contribution in [0, 0.1) is 5.82 Å². The lowest BCUT2D eigenvalue weighted by molar-refractivity contribution is -0.140. The molecule has 2 aromatic rings. The largest absolute Gasteiger partial charge is 0.419 e. The van der Waals surface area contributed by atoms with E-state index in [1.807, 2.05) is 0 Å². The molecule has 1 aromatic heterocycles. The lowest BCUT2D eigenvalue weighted by atomic mass is 9.91. The predicted octanol–water partition coefficient (Wildman–Crippen LogP) is 4.04. The van der Waals surface area contributed by atoms with Crippen LogP contribution in [0.5, 0.6) is 0 Å². The first-order valence-electron chi connectivity index (χ1n) is 8.19. The van der Waals surface area contributed by atoms with E-state index in [9.17, 15) is 39.9 Å². The third kappa shape index (κ3) is 3.30. The second-order valence-electron chi connectivity index (χ2n) is 6.45. The molecule has 0 bridgehead atoms. The minimum atomic E-state index is -5.00. The van der Waals surface area contributed by atoms with Crippen molar-refractivity contribution < 1.29 is 39.9 Å². The van der Waals surface area contributed by atoms with Gasteiger partial charge in [0.05, 0.1) is 16.2 Å². The molecule has 1 aromatic carbocycles. The molecule has 1 atom stereocenters. The molecule has 1 aliphatic rings. The number of aliphatic hydroxyl groups excluding tert-OH is 1. The minimum absolute atomic E-state index is 0.0508. The van der Waals surface area contributed by atoms with Gasteiger partial charge in [0.2, 0.25) is 0 Å². The standard InChI is InChI=1S/C17H15F6NO3S/c1-2-28(26,27)13-8-24(12-5-6-16(19,20)15(25)14(12)13)9-3-4-11(18)10(7-9)17(21,22)23/h3-4,7-8,15,25H,2,5-6H2,1H3/t15-/m0/s1. The van der Waals surface area contributed by atoms with Crippen molar-refractivity contribution in [1.29, 1.82) is 0 Å². The molecule has 154 valence electrons. The van der Waals surface area contributed by atoms with E-state index in [0.29, 0.717) is 12.1 Å². The Morgan fingerprint density at radius 3 is 2.50 bits per heavy atom. The summed E-state index contributed by atoms with van der Waals surface area (Å²) in [7, 11) is -4.07. The van der Waals surface area contributed by atoms with Crippen LogP contribution in [0.4, 0.5) is 26.3 Å². The van der Waals surface area contributed by atoms with E-state index in [2.05, 4.69) is 0 Å². The van der Waals surface area contributed by atoms with Crippen molar-refractivity contribution >= 4 is 9.84 Å². The van der Waals surface area contributed by atoms with Gasteiger partial charge in [0.25, 0.3) is 5.92 Å². The Bertz CT molecular complexity index is 1030. The topological polar surface area (TPSA) is 59.3 Å². The summed E-state index contributed by atoms with van der Waals surface area (Å²) in [5, 5.41) is 10.0. The Morgan fingerprint density at radius 2 is 1.93 bits per heavy atom. The first-order valence-corrected chi connectivity index (χ1v) is 9.84. The van der Waals surface area contributed by atoms with Gasteiger partial charge in [-0.1, -0.05) is 6.92 Å². The quantitative estimate of drug-likeness (QED) is 0.753. The molecule has 0 spiro atoms. The maximum atomic E-state index is 14.0. The van der Waals surface area contributed by atoms with E-state index >= 15 is 0 Å². The van der Waals surface area contributed by atoms with Crippen molar-refractivity contribution in [2.75, 3.05) is 5.75 Å². The third-order valence-electron chi connectivity index (χ3n) is 4.73. The number of benzene rings is 1. The molecular weight excluding hydrogens is 412 g/mol. The Labute approximate surface area is 156 Å². The molecule has 4 nitrogen and oxygen atoms in total. The molecule has 28 heavy (non-hydrogen) atoms. The van der Waals surface area contributed by atoms with E-state index < -0.39 is 62.1 Å². The predicted molar refractivity (Wildman–Crippen MR) is 86.7 cm³/mol. The fourth-order valence-corrected chi connectivity index (χ4v) is 4.37. The fourth-order valence-electron chi connectivity index (χ4n) is 3.23. The van der Waals surface area contributed by atoms with E-state index in [-0.39, 0.29) is 17.8 Å². The second kappa shape index (κ2) is 6.51. The van der Waals surface area contributed by atoms with Gasteiger partial charge in [-0.2, -0.15) is 13.2 Å². The van der Waals surface area contributed by atoms with Crippen LogP contribution in [0.25, 0.3) is 5.69 Å². The number of fused-ring (bicyclic) bond motifs is 1. The lowest BCUT2D eigenvalue weighted by Crippen LogP contribution is -2.33. The second-order valence-corrected chi connectivity index (χ2v) is 8.70. The Morgan fingerprint density at radius 1 is 1.29 bits per heavy atom. The average molecular weight is 427 g/mol. The van der Waals surface area contributed by atoms with Crippen LogP contribution in [0.3, 0.4) is 0 Å². The molecule has 0 aliphatic heterocycles. The van der Waals surface area contributed by atoms with Crippen molar-refractivity contribution in [3.8, 4) is 5.69 Å². The van der Waals surface area contributed by atoms with E-state index in [0.717, 1.165) is 16.8 Å². The van der Waals surface area contributed by atoms with Crippen LogP contribution in [-0.4, -0.2) is 29.8 Å². The van der Waals surface area contributed by atoms with Crippen LogP contribution >= 0.6 is 0 Å². The smallest absolute Gasteiger partial charge is 0.382 e. The zero-order valence-corrected chi connectivity index (χ0v) is 15.2. The number of hydrogen-bond donors (Lipinski definition) is 1. The summed E-state index contributed by atoms with van der Waals surface area (Å²) in [6.07, 6.45) is -7.71. The average Bonchev–Trinajstić information content (AvgIpc) is 2.98. The first kappa shape index (κ1) is 20.7. The van der Waals surface area contributed by atoms with E-state index in [1.165, 1.54) is 6.92 Å². The molecular formula is C17H15F6NO3S. The number of nitrogens with zero attached hydrogens (tertiary/aromatic N) is 1. The number of hydrogen-bond acceptors (Lipinski definition) is 3. The molecule has 1 N–H and O–H groups in total. The number of halogens is 6. The van der Waals surface area contributed by atoms with Crippen molar-refractivity contribution in [2.24, 2.45) is 0 Å². The van der Waals surface area contributed by atoms with Gasteiger partial charge in [-0.25, -0.2) is 21.6 Å². The van der Waals surface area contributed by atoms with Gasteiger partial charge >= 0.3 is 6.18 Å². The molecule has 1 heterocycles. The Kier molecular flexibility index (Phi) is 4.82. The lowest BCUT2D eigenvalue weighted by Gasteiger charge is -2.29. The highest BCUT2D eigenvalue weighted by Gasteiger charge is 2.47. The highest BCUT2D eigenvalue weighted by atomic mass is 32.2. The summed E-state index contributed by atoms with van der Waals surface area (Å²) in [5.74, 6) is -5.57. The Balaban J connectivity index is 2.30. The molecule has 0 saturated heterocycles. The van der Waals surface area contributed by atoms with Gasteiger partial charge in [0.15, 0.2) is 9.84 Å². The van der Waals surface area contributed by atoms with Gasteiger partial charge in [-0.05, 0) is 24.6 Å². The maximum absolute atomic E-state index is 14.0. The van der Waals surface area contributed by atoms with Gasteiger partial charge in [0.1, 0.15) is 11.9 Å². The third-order valence-corrected chi connectivity index (χ3v) is 6.49. The summed E-state index contributed by atoms with van der Waals surface area (Å²) in [6.45, 7) is 1.27. The summed E-state index contributed by atoms with van der Waals surface area (Å²) < 4.78 is 106. The maximum Gasteiger partial charge on any atom is 0.419 e. The zero-order valence-electron chi connectivity index (χ0n) is 14.4. The first-order chi connectivity index (χ1) is 12.8. The van der Waals surface area contributed by atoms with Gasteiger partial charge in [0, 0.05) is 29.6 Å². The molecule has 0 amide bonds. The SMILES string of the molecule is CCS(=O)(=O)c1cn(-c2ccc(F)c(C(F)(F)F)c2)c2c1[C@H](O)C(F)(F)CC2. The Hall–Kier alpha value is -2.01. The normalized spacial score (nSPS) is 19.5. The van der Waals surface area contributed by atoms with Crippen molar-refractivity contribution in [3.05, 3.63) is 47.0 Å². The van der Waals surface area contributed by atoms with Crippen LogP contribution < -0.4 is 0 Å². The van der Waals surface area contributed by atoms with E-state index in [4.69, 9.17) is 0 Å². The molecule has 0 fully saturated rings. The number of alkyl halides is 5. The molecule has 11 heteroatoms. The molecule has 1 aliphatic carbocycles. The number of aromatic nitrogens is 1. The molecule has 0 radical (unpaired) electrons. The summed E-state index contributed by atoms with van der Waals surface area (Å²) in [6, 6.07) is 2.01. The number of rotatable bonds is 3. The van der Waals surface area contributed by atoms with Crippen LogP contribution in [-0.2, 0) is 22.4 Å². The zero-order chi connectivity index (χ0) is 21.1. The number of aliphatic hydroxyl groups is 1. The highest BCUT2D eigenvalue weighted by Crippen LogP contribution is 2.46. The number of sulfone groups is 1. The van der Waals surface area contributed by atoms with Gasteiger partial charge < -0.3 is 9.67 Å². The van der Waals surface area contributed by atoms with Gasteiger partial charge in [-0.15, -0.1) is 0 Å². The minimum Gasteiger partial charge on any atom is -0.382 e. The van der Waals surface area contributed by atoms with E-state index in [1.54, 1.807) is 0 Å². The molecule has 0 unspecified atom stereocenters. The van der Waals surface area contributed by atoms with Crippen molar-refractivity contribution in [1.82, 2.24) is 4.57 Å². The fraction of sp³-hybridized carbons (Fsp3) is 0.412. The van der Waals surface area contributed by atoms with Gasteiger partial charge in [-0.3, -0.25) is 0 Å².